The lowest BCUT2D eigenvalue weighted by Gasteiger charge is -2.07. The molecule has 0 saturated heterocycles. The zero-order chi connectivity index (χ0) is 11.3. The van der Waals surface area contributed by atoms with Crippen molar-refractivity contribution in [2.24, 2.45) is 5.73 Å². The predicted molar refractivity (Wildman–Crippen MR) is 46.1 cm³/mol. The Morgan fingerprint density at radius 3 is 2.47 bits per heavy atom. The average Bonchev–Trinajstić information content (AvgIpc) is 2.17. The number of halogens is 3. The maximum absolute atomic E-state index is 11.7. The average molecular weight is 221 g/mol. The molecule has 0 spiro atoms. The van der Waals surface area contributed by atoms with Crippen molar-refractivity contribution in [2.45, 2.75) is 19.1 Å². The summed E-state index contributed by atoms with van der Waals surface area (Å²) in [7, 11) is 0. The van der Waals surface area contributed by atoms with Gasteiger partial charge in [0.1, 0.15) is 0 Å². The van der Waals surface area contributed by atoms with Crippen molar-refractivity contribution < 1.29 is 17.9 Å². The van der Waals surface area contributed by atoms with Gasteiger partial charge in [-0.1, -0.05) is 0 Å². The molecule has 15 heavy (non-hydrogen) atoms. The van der Waals surface area contributed by atoms with E-state index < -0.39 is 19.2 Å². The van der Waals surface area contributed by atoms with Crippen LogP contribution in [0.1, 0.15) is 12.1 Å². The van der Waals surface area contributed by atoms with Crippen LogP contribution < -0.4 is 10.5 Å². The molecule has 0 aromatic carbocycles. The molecule has 1 aromatic heterocycles. The van der Waals surface area contributed by atoms with E-state index in [4.69, 9.17) is 10.5 Å². The predicted octanol–water partition coefficient (Wildman–Crippen LogP) is 1.27. The van der Waals surface area contributed by atoms with E-state index in [0.717, 1.165) is 0 Å². The van der Waals surface area contributed by atoms with Crippen molar-refractivity contribution in [3.8, 4) is 5.88 Å². The number of alkyl halides is 3. The molecule has 0 radical (unpaired) electrons. The van der Waals surface area contributed by atoms with E-state index in [1.807, 2.05) is 0 Å². The van der Waals surface area contributed by atoms with E-state index >= 15 is 0 Å². The van der Waals surface area contributed by atoms with Gasteiger partial charge in [-0.25, -0.2) is 0 Å². The molecule has 1 aromatic rings. The number of nitrogens with two attached hydrogens (primary N) is 1. The SMILES string of the molecule is NCc1ccc(OCCC(F)(F)F)nn1. The Hall–Kier alpha value is -1.37. The van der Waals surface area contributed by atoms with Crippen LogP contribution in [-0.2, 0) is 6.54 Å². The van der Waals surface area contributed by atoms with E-state index in [0.29, 0.717) is 5.69 Å². The molecule has 0 unspecified atom stereocenters. The number of ether oxygens (including phenoxy) is 1. The zero-order valence-electron chi connectivity index (χ0n) is 7.79. The minimum absolute atomic E-state index is 0.0662. The summed E-state index contributed by atoms with van der Waals surface area (Å²) in [4.78, 5) is 0. The van der Waals surface area contributed by atoms with Crippen molar-refractivity contribution in [2.75, 3.05) is 6.61 Å². The molecule has 0 aliphatic heterocycles. The molecule has 7 heteroatoms. The quantitative estimate of drug-likeness (QED) is 0.831. The molecule has 0 bridgehead atoms. The molecule has 0 saturated carbocycles. The fourth-order valence-corrected chi connectivity index (χ4v) is 0.805. The Balaban J connectivity index is 2.38. The molecule has 0 fully saturated rings. The summed E-state index contributed by atoms with van der Waals surface area (Å²) in [5, 5.41) is 7.18. The highest BCUT2D eigenvalue weighted by atomic mass is 19.4. The van der Waals surface area contributed by atoms with Crippen LogP contribution in [0.2, 0.25) is 0 Å². The first-order valence-electron chi connectivity index (χ1n) is 4.23. The molecule has 0 amide bonds. The summed E-state index contributed by atoms with van der Waals surface area (Å²) in [6.45, 7) is -0.226. The van der Waals surface area contributed by atoms with Gasteiger partial charge in [0.25, 0.3) is 0 Å². The first-order chi connectivity index (χ1) is 7.01. The van der Waals surface area contributed by atoms with Crippen molar-refractivity contribution in [3.05, 3.63) is 17.8 Å². The molecular weight excluding hydrogens is 211 g/mol. The Kier molecular flexibility index (Phi) is 3.84. The van der Waals surface area contributed by atoms with Gasteiger partial charge in [-0.05, 0) is 6.07 Å². The number of rotatable bonds is 4. The van der Waals surface area contributed by atoms with Crippen LogP contribution in [0.15, 0.2) is 12.1 Å². The maximum Gasteiger partial charge on any atom is 0.392 e. The second-order valence-corrected chi connectivity index (χ2v) is 2.78. The highest BCUT2D eigenvalue weighted by molar-refractivity contribution is 5.11. The van der Waals surface area contributed by atoms with E-state index in [2.05, 4.69) is 10.2 Å². The topological polar surface area (TPSA) is 61.0 Å². The second-order valence-electron chi connectivity index (χ2n) is 2.78. The van der Waals surface area contributed by atoms with Crippen LogP contribution in [0.4, 0.5) is 13.2 Å². The van der Waals surface area contributed by atoms with Crippen molar-refractivity contribution in [3.63, 3.8) is 0 Å². The Labute approximate surface area is 84.2 Å². The zero-order valence-corrected chi connectivity index (χ0v) is 7.79. The van der Waals surface area contributed by atoms with E-state index in [-0.39, 0.29) is 12.4 Å². The van der Waals surface area contributed by atoms with Gasteiger partial charge < -0.3 is 10.5 Å². The summed E-state index contributed by atoms with van der Waals surface area (Å²) in [6.07, 6.45) is -5.22. The molecule has 0 atom stereocenters. The van der Waals surface area contributed by atoms with Gasteiger partial charge in [-0.2, -0.15) is 18.3 Å². The van der Waals surface area contributed by atoms with Crippen LogP contribution in [0.5, 0.6) is 5.88 Å². The lowest BCUT2D eigenvalue weighted by atomic mass is 10.4. The lowest BCUT2D eigenvalue weighted by Crippen LogP contribution is -2.13. The van der Waals surface area contributed by atoms with Gasteiger partial charge in [-0.15, -0.1) is 5.10 Å². The number of nitrogens with zero attached hydrogens (tertiary/aromatic N) is 2. The monoisotopic (exact) mass is 221 g/mol. The molecule has 84 valence electrons. The number of hydrogen-bond acceptors (Lipinski definition) is 4. The first-order valence-corrected chi connectivity index (χ1v) is 4.23. The number of aromatic nitrogens is 2. The first kappa shape index (κ1) is 11.7. The standard InChI is InChI=1S/C8H10F3N3O/c9-8(10,11)3-4-15-7-2-1-6(5-12)13-14-7/h1-2H,3-5,12H2. The van der Waals surface area contributed by atoms with E-state index in [9.17, 15) is 13.2 Å². The minimum atomic E-state index is -4.22. The summed E-state index contributed by atoms with van der Waals surface area (Å²) < 4.78 is 40.0. The maximum atomic E-state index is 11.7. The Morgan fingerprint density at radius 2 is 2.00 bits per heavy atom. The highest BCUT2D eigenvalue weighted by Gasteiger charge is 2.26. The van der Waals surface area contributed by atoms with E-state index in [1.165, 1.54) is 6.07 Å². The summed E-state index contributed by atoms with van der Waals surface area (Å²) in [5.74, 6) is 0.0662. The van der Waals surface area contributed by atoms with Gasteiger partial charge in [0, 0.05) is 12.6 Å². The Morgan fingerprint density at radius 1 is 1.27 bits per heavy atom. The van der Waals surface area contributed by atoms with Crippen LogP contribution >= 0.6 is 0 Å². The molecule has 4 nitrogen and oxygen atoms in total. The molecule has 2 N–H and O–H groups in total. The summed E-state index contributed by atoms with van der Waals surface area (Å²) >= 11 is 0. The van der Waals surface area contributed by atoms with Gasteiger partial charge in [-0.3, -0.25) is 0 Å². The molecule has 0 aliphatic rings. The molecular formula is C8H10F3N3O. The minimum Gasteiger partial charge on any atom is -0.476 e. The molecule has 0 aliphatic carbocycles. The van der Waals surface area contributed by atoms with Crippen LogP contribution in [-0.4, -0.2) is 23.0 Å². The second kappa shape index (κ2) is 4.92. The highest BCUT2D eigenvalue weighted by Crippen LogP contribution is 2.19. The third-order valence-corrected chi connectivity index (χ3v) is 1.54. The fraction of sp³-hybridized carbons (Fsp3) is 0.500. The summed E-state index contributed by atoms with van der Waals surface area (Å²) in [5.41, 5.74) is 5.82. The van der Waals surface area contributed by atoms with Gasteiger partial charge >= 0.3 is 6.18 Å². The third kappa shape index (κ3) is 4.59. The van der Waals surface area contributed by atoms with Crippen molar-refractivity contribution in [1.82, 2.24) is 10.2 Å². The van der Waals surface area contributed by atoms with Crippen LogP contribution in [0.25, 0.3) is 0 Å². The largest absolute Gasteiger partial charge is 0.476 e. The smallest absolute Gasteiger partial charge is 0.392 e. The van der Waals surface area contributed by atoms with Crippen molar-refractivity contribution >= 4 is 0 Å². The molecule has 1 heterocycles. The third-order valence-electron chi connectivity index (χ3n) is 1.54. The van der Waals surface area contributed by atoms with E-state index in [1.54, 1.807) is 6.07 Å². The lowest BCUT2D eigenvalue weighted by molar-refractivity contribution is -0.139. The molecule has 1 rings (SSSR count). The van der Waals surface area contributed by atoms with Crippen molar-refractivity contribution in [1.29, 1.82) is 0 Å². The van der Waals surface area contributed by atoms with Crippen LogP contribution in [0.3, 0.4) is 0 Å². The van der Waals surface area contributed by atoms with Gasteiger partial charge in [0.05, 0.1) is 18.7 Å². The Bertz CT molecular complexity index is 299. The van der Waals surface area contributed by atoms with Gasteiger partial charge in [0.2, 0.25) is 5.88 Å². The van der Waals surface area contributed by atoms with Gasteiger partial charge in [0.15, 0.2) is 0 Å². The summed E-state index contributed by atoms with van der Waals surface area (Å²) in [6, 6.07) is 2.99. The normalized spacial score (nSPS) is 11.5. The van der Waals surface area contributed by atoms with Crippen LogP contribution in [0, 0.1) is 0 Å². The fourth-order valence-electron chi connectivity index (χ4n) is 0.805. The number of hydrogen-bond donors (Lipinski definition) is 1.